The van der Waals surface area contributed by atoms with E-state index in [2.05, 4.69) is 12.1 Å². The lowest BCUT2D eigenvalue weighted by molar-refractivity contribution is 0.119. The molecule has 1 nitrogen and oxygen atoms in total. The maximum atomic E-state index is 5.14. The van der Waals surface area contributed by atoms with Crippen LogP contribution in [0.4, 0.5) is 0 Å². The highest BCUT2D eigenvalue weighted by atomic mass is 16.5. The summed E-state index contributed by atoms with van der Waals surface area (Å²) in [6, 6.07) is 10.2. The quantitative estimate of drug-likeness (QED) is 0.606. The molecule has 0 unspecified atom stereocenters. The van der Waals surface area contributed by atoms with E-state index in [1.807, 2.05) is 25.1 Å². The van der Waals surface area contributed by atoms with Crippen LogP contribution in [0.15, 0.2) is 30.3 Å². The van der Waals surface area contributed by atoms with E-state index in [1.165, 1.54) is 5.56 Å². The molecular weight excluding hydrogens is 124 g/mol. The largest absolute Gasteiger partial charge is 0.377 e. The SMILES string of the molecule is CO[C@@H](C)c1ccccc1. The van der Waals surface area contributed by atoms with Crippen LogP contribution in [0.5, 0.6) is 0 Å². The standard InChI is InChI=1S/C9H12O/c1-8(10-2)9-6-4-3-5-7-9/h3-8H,1-2H3/t8-/m0/s1. The third kappa shape index (κ3) is 1.58. The predicted octanol–water partition coefficient (Wildman–Crippen LogP) is 2.39. The molecule has 0 fully saturated rings. The van der Waals surface area contributed by atoms with Gasteiger partial charge in [-0.1, -0.05) is 30.3 Å². The fourth-order valence-corrected chi connectivity index (χ4v) is 0.860. The summed E-state index contributed by atoms with van der Waals surface area (Å²) in [5.74, 6) is 0. The summed E-state index contributed by atoms with van der Waals surface area (Å²) >= 11 is 0. The minimum Gasteiger partial charge on any atom is -0.377 e. The molecule has 1 rings (SSSR count). The van der Waals surface area contributed by atoms with E-state index < -0.39 is 0 Å². The first kappa shape index (κ1) is 7.29. The Morgan fingerprint density at radius 1 is 1.20 bits per heavy atom. The maximum Gasteiger partial charge on any atom is 0.0793 e. The Bertz CT molecular complexity index is 181. The number of methoxy groups -OCH3 is 1. The van der Waals surface area contributed by atoms with Gasteiger partial charge in [0.25, 0.3) is 0 Å². The normalized spacial score (nSPS) is 13.0. The van der Waals surface area contributed by atoms with Crippen LogP contribution in [0, 0.1) is 0 Å². The van der Waals surface area contributed by atoms with Crippen LogP contribution in [0.3, 0.4) is 0 Å². The zero-order valence-corrected chi connectivity index (χ0v) is 6.37. The maximum absolute atomic E-state index is 5.14. The first-order chi connectivity index (χ1) is 4.84. The van der Waals surface area contributed by atoms with Gasteiger partial charge < -0.3 is 4.74 Å². The van der Waals surface area contributed by atoms with Crippen molar-refractivity contribution in [3.63, 3.8) is 0 Å². The Balaban J connectivity index is 2.75. The summed E-state index contributed by atoms with van der Waals surface area (Å²) in [6.07, 6.45) is 0.209. The molecule has 0 bridgehead atoms. The summed E-state index contributed by atoms with van der Waals surface area (Å²) in [6.45, 7) is 2.04. The number of benzene rings is 1. The average molecular weight is 136 g/mol. The average Bonchev–Trinajstić information content (AvgIpc) is 2.05. The van der Waals surface area contributed by atoms with E-state index in [1.54, 1.807) is 7.11 Å². The molecule has 0 N–H and O–H groups in total. The minimum atomic E-state index is 0.209. The highest BCUT2D eigenvalue weighted by molar-refractivity contribution is 5.16. The molecule has 0 radical (unpaired) electrons. The number of hydrogen-bond acceptors (Lipinski definition) is 1. The van der Waals surface area contributed by atoms with Gasteiger partial charge in [-0.05, 0) is 12.5 Å². The van der Waals surface area contributed by atoms with Crippen LogP contribution in [0.25, 0.3) is 0 Å². The topological polar surface area (TPSA) is 9.23 Å². The summed E-state index contributed by atoms with van der Waals surface area (Å²) in [5, 5.41) is 0. The lowest BCUT2D eigenvalue weighted by Gasteiger charge is -2.07. The van der Waals surface area contributed by atoms with Crippen molar-refractivity contribution in [3.05, 3.63) is 35.9 Å². The van der Waals surface area contributed by atoms with Gasteiger partial charge in [0.15, 0.2) is 0 Å². The Morgan fingerprint density at radius 2 is 1.80 bits per heavy atom. The molecule has 0 amide bonds. The van der Waals surface area contributed by atoms with Gasteiger partial charge in [0.2, 0.25) is 0 Å². The third-order valence-corrected chi connectivity index (χ3v) is 1.62. The molecule has 0 aliphatic carbocycles. The summed E-state index contributed by atoms with van der Waals surface area (Å²) < 4.78 is 5.14. The van der Waals surface area contributed by atoms with Gasteiger partial charge >= 0.3 is 0 Å². The van der Waals surface area contributed by atoms with Crippen LogP contribution in [0.2, 0.25) is 0 Å². The van der Waals surface area contributed by atoms with E-state index in [0.717, 1.165) is 0 Å². The Labute approximate surface area is 61.6 Å². The van der Waals surface area contributed by atoms with E-state index in [4.69, 9.17) is 4.74 Å². The first-order valence-corrected chi connectivity index (χ1v) is 3.42. The van der Waals surface area contributed by atoms with Crippen molar-refractivity contribution in [1.82, 2.24) is 0 Å². The van der Waals surface area contributed by atoms with Crippen molar-refractivity contribution in [2.45, 2.75) is 13.0 Å². The Hall–Kier alpha value is -0.820. The molecule has 1 aromatic carbocycles. The Kier molecular flexibility index (Phi) is 2.46. The lowest BCUT2D eigenvalue weighted by Crippen LogP contribution is -1.93. The minimum absolute atomic E-state index is 0.209. The molecule has 0 saturated carbocycles. The molecule has 1 atom stereocenters. The van der Waals surface area contributed by atoms with E-state index in [-0.39, 0.29) is 6.10 Å². The van der Waals surface area contributed by atoms with Crippen molar-refractivity contribution >= 4 is 0 Å². The van der Waals surface area contributed by atoms with Crippen LogP contribution in [0.1, 0.15) is 18.6 Å². The summed E-state index contributed by atoms with van der Waals surface area (Å²) in [7, 11) is 1.72. The van der Waals surface area contributed by atoms with Crippen LogP contribution in [-0.2, 0) is 4.74 Å². The van der Waals surface area contributed by atoms with Gasteiger partial charge in [0, 0.05) is 7.11 Å². The molecule has 0 saturated heterocycles. The summed E-state index contributed by atoms with van der Waals surface area (Å²) in [4.78, 5) is 0. The van der Waals surface area contributed by atoms with E-state index in [9.17, 15) is 0 Å². The van der Waals surface area contributed by atoms with Gasteiger partial charge in [0.1, 0.15) is 0 Å². The predicted molar refractivity (Wildman–Crippen MR) is 41.9 cm³/mol. The molecule has 54 valence electrons. The van der Waals surface area contributed by atoms with Gasteiger partial charge in [-0.25, -0.2) is 0 Å². The highest BCUT2D eigenvalue weighted by Gasteiger charge is 1.99. The molecule has 0 spiro atoms. The number of rotatable bonds is 2. The fraction of sp³-hybridized carbons (Fsp3) is 0.333. The molecule has 10 heavy (non-hydrogen) atoms. The van der Waals surface area contributed by atoms with Gasteiger partial charge in [-0.2, -0.15) is 0 Å². The fourth-order valence-electron chi connectivity index (χ4n) is 0.860. The van der Waals surface area contributed by atoms with Crippen LogP contribution in [-0.4, -0.2) is 7.11 Å². The van der Waals surface area contributed by atoms with Crippen molar-refractivity contribution in [3.8, 4) is 0 Å². The molecule has 1 aromatic rings. The van der Waals surface area contributed by atoms with E-state index in [0.29, 0.717) is 0 Å². The molecular formula is C9H12O. The molecule has 0 aliphatic rings. The van der Waals surface area contributed by atoms with Crippen molar-refractivity contribution in [2.24, 2.45) is 0 Å². The molecule has 0 heterocycles. The smallest absolute Gasteiger partial charge is 0.0793 e. The van der Waals surface area contributed by atoms with Crippen LogP contribution < -0.4 is 0 Å². The lowest BCUT2D eigenvalue weighted by atomic mass is 10.1. The van der Waals surface area contributed by atoms with Crippen molar-refractivity contribution in [2.75, 3.05) is 7.11 Å². The van der Waals surface area contributed by atoms with Gasteiger partial charge in [-0.15, -0.1) is 0 Å². The second kappa shape index (κ2) is 3.37. The second-order valence-electron chi connectivity index (χ2n) is 2.29. The van der Waals surface area contributed by atoms with Crippen molar-refractivity contribution < 1.29 is 4.74 Å². The third-order valence-electron chi connectivity index (χ3n) is 1.62. The van der Waals surface area contributed by atoms with Gasteiger partial charge in [-0.3, -0.25) is 0 Å². The molecule has 0 aliphatic heterocycles. The van der Waals surface area contributed by atoms with Gasteiger partial charge in [0.05, 0.1) is 6.10 Å². The van der Waals surface area contributed by atoms with Crippen molar-refractivity contribution in [1.29, 1.82) is 0 Å². The van der Waals surface area contributed by atoms with Crippen LogP contribution >= 0.6 is 0 Å². The summed E-state index contributed by atoms with van der Waals surface area (Å²) in [5.41, 5.74) is 1.23. The monoisotopic (exact) mass is 136 g/mol. The Morgan fingerprint density at radius 3 is 2.30 bits per heavy atom. The number of hydrogen-bond donors (Lipinski definition) is 0. The first-order valence-electron chi connectivity index (χ1n) is 3.42. The molecule has 0 aromatic heterocycles. The zero-order valence-electron chi connectivity index (χ0n) is 6.37. The van der Waals surface area contributed by atoms with E-state index >= 15 is 0 Å². The molecule has 1 heteroatoms. The number of ether oxygens (including phenoxy) is 1. The second-order valence-corrected chi connectivity index (χ2v) is 2.29. The zero-order chi connectivity index (χ0) is 7.40. The highest BCUT2D eigenvalue weighted by Crippen LogP contribution is 2.13.